The van der Waals surface area contributed by atoms with Crippen molar-refractivity contribution < 1.29 is 14.3 Å². The molecule has 2 rings (SSSR count). The van der Waals surface area contributed by atoms with Crippen molar-refractivity contribution >= 4 is 34.8 Å². The van der Waals surface area contributed by atoms with Crippen LogP contribution in [0.25, 0.3) is 0 Å². The molecule has 1 atom stereocenters. The second-order valence-electron chi connectivity index (χ2n) is 5.44. The molecule has 0 aliphatic carbocycles. The Balaban J connectivity index is 2.00. The lowest BCUT2D eigenvalue weighted by Gasteiger charge is -2.16. The molecule has 0 saturated carbocycles. The molecular formula is C18H19ClN2O3. The van der Waals surface area contributed by atoms with E-state index in [0.29, 0.717) is 22.1 Å². The normalized spacial score (nSPS) is 11.5. The van der Waals surface area contributed by atoms with Gasteiger partial charge >= 0.3 is 0 Å². The van der Waals surface area contributed by atoms with E-state index < -0.39 is 6.10 Å². The molecule has 126 valence electrons. The van der Waals surface area contributed by atoms with Crippen molar-refractivity contribution in [1.82, 2.24) is 0 Å². The zero-order chi connectivity index (χ0) is 17.7. The van der Waals surface area contributed by atoms with Crippen LogP contribution in [0.15, 0.2) is 42.5 Å². The molecule has 2 N–H and O–H groups in total. The summed E-state index contributed by atoms with van der Waals surface area (Å²) in [6.07, 6.45) is -0.682. The van der Waals surface area contributed by atoms with Crippen LogP contribution in [-0.4, -0.2) is 17.9 Å². The fraction of sp³-hybridized carbons (Fsp3) is 0.222. The average Bonchev–Trinajstić information content (AvgIpc) is 2.51. The highest BCUT2D eigenvalue weighted by atomic mass is 35.5. The maximum atomic E-state index is 12.2. The first-order valence-corrected chi connectivity index (χ1v) is 7.84. The number of ether oxygens (including phenoxy) is 1. The van der Waals surface area contributed by atoms with Crippen molar-refractivity contribution in [3.63, 3.8) is 0 Å². The molecule has 0 aliphatic rings. The Kier molecular flexibility index (Phi) is 5.82. The van der Waals surface area contributed by atoms with E-state index in [0.717, 1.165) is 5.56 Å². The van der Waals surface area contributed by atoms with Gasteiger partial charge in [0.05, 0.1) is 10.7 Å². The van der Waals surface area contributed by atoms with E-state index >= 15 is 0 Å². The van der Waals surface area contributed by atoms with Crippen LogP contribution in [-0.2, 0) is 9.59 Å². The Morgan fingerprint density at radius 3 is 2.33 bits per heavy atom. The van der Waals surface area contributed by atoms with E-state index in [-0.39, 0.29) is 11.8 Å². The third kappa shape index (κ3) is 4.99. The summed E-state index contributed by atoms with van der Waals surface area (Å²) >= 11 is 6.13. The van der Waals surface area contributed by atoms with Crippen LogP contribution in [0.4, 0.5) is 11.4 Å². The molecule has 0 bridgehead atoms. The lowest BCUT2D eigenvalue weighted by atomic mass is 10.2. The van der Waals surface area contributed by atoms with Crippen molar-refractivity contribution in [2.75, 3.05) is 10.6 Å². The number of anilines is 2. The monoisotopic (exact) mass is 346 g/mol. The number of hydrogen-bond donors (Lipinski definition) is 2. The Bertz CT molecular complexity index is 744. The molecule has 2 aromatic rings. The Morgan fingerprint density at radius 2 is 1.75 bits per heavy atom. The minimum atomic E-state index is -0.682. The lowest BCUT2D eigenvalue weighted by Crippen LogP contribution is -2.30. The van der Waals surface area contributed by atoms with Crippen molar-refractivity contribution in [3.8, 4) is 5.75 Å². The summed E-state index contributed by atoms with van der Waals surface area (Å²) in [6.45, 7) is 5.05. The highest BCUT2D eigenvalue weighted by Gasteiger charge is 2.16. The predicted octanol–water partition coefficient (Wildman–Crippen LogP) is 4.01. The number of benzene rings is 2. The van der Waals surface area contributed by atoms with E-state index in [1.165, 1.54) is 6.92 Å². The minimum Gasteiger partial charge on any atom is -0.481 e. The highest BCUT2D eigenvalue weighted by molar-refractivity contribution is 6.34. The van der Waals surface area contributed by atoms with Gasteiger partial charge in [-0.3, -0.25) is 9.59 Å². The number of nitrogens with one attached hydrogen (secondary N) is 2. The van der Waals surface area contributed by atoms with Gasteiger partial charge in [0.2, 0.25) is 5.91 Å². The van der Waals surface area contributed by atoms with Crippen molar-refractivity contribution in [1.29, 1.82) is 0 Å². The average molecular weight is 347 g/mol. The minimum absolute atomic E-state index is 0.192. The molecule has 2 aromatic carbocycles. The quantitative estimate of drug-likeness (QED) is 0.859. The first-order valence-electron chi connectivity index (χ1n) is 7.46. The van der Waals surface area contributed by atoms with E-state index in [1.54, 1.807) is 25.1 Å². The Hall–Kier alpha value is -2.53. The van der Waals surface area contributed by atoms with Gasteiger partial charge < -0.3 is 15.4 Å². The molecule has 0 heterocycles. The number of carbonyl (C=O) groups excluding carboxylic acids is 2. The summed E-state index contributed by atoms with van der Waals surface area (Å²) in [5, 5.41) is 5.67. The number of rotatable bonds is 5. The van der Waals surface area contributed by atoms with Crippen LogP contribution in [0, 0.1) is 6.92 Å². The third-order valence-electron chi connectivity index (χ3n) is 3.25. The van der Waals surface area contributed by atoms with Crippen LogP contribution in [0.3, 0.4) is 0 Å². The SMILES string of the molecule is CC(=O)Nc1ccc(NC(=O)C(C)Oc2ccc(C)cc2)c(Cl)c1. The van der Waals surface area contributed by atoms with Gasteiger partial charge in [0, 0.05) is 12.6 Å². The predicted molar refractivity (Wildman–Crippen MR) is 95.7 cm³/mol. The molecule has 0 radical (unpaired) electrons. The number of carbonyl (C=O) groups is 2. The maximum absolute atomic E-state index is 12.2. The van der Waals surface area contributed by atoms with Crippen LogP contribution >= 0.6 is 11.6 Å². The summed E-state index contributed by atoms with van der Waals surface area (Å²) in [6, 6.07) is 12.3. The van der Waals surface area contributed by atoms with Gasteiger partial charge in [0.1, 0.15) is 5.75 Å². The summed E-state index contributed by atoms with van der Waals surface area (Å²) < 4.78 is 5.61. The van der Waals surface area contributed by atoms with Gasteiger partial charge in [-0.1, -0.05) is 29.3 Å². The van der Waals surface area contributed by atoms with E-state index in [4.69, 9.17) is 16.3 Å². The van der Waals surface area contributed by atoms with E-state index in [9.17, 15) is 9.59 Å². The molecule has 6 heteroatoms. The third-order valence-corrected chi connectivity index (χ3v) is 3.56. The fourth-order valence-corrected chi connectivity index (χ4v) is 2.23. The smallest absolute Gasteiger partial charge is 0.265 e. The summed E-state index contributed by atoms with van der Waals surface area (Å²) in [7, 11) is 0. The second-order valence-corrected chi connectivity index (χ2v) is 5.85. The topological polar surface area (TPSA) is 67.4 Å². The first kappa shape index (κ1) is 17.8. The van der Waals surface area contributed by atoms with Crippen molar-refractivity contribution in [2.45, 2.75) is 26.9 Å². The van der Waals surface area contributed by atoms with Gasteiger partial charge in [-0.25, -0.2) is 0 Å². The highest BCUT2D eigenvalue weighted by Crippen LogP contribution is 2.26. The van der Waals surface area contributed by atoms with Gasteiger partial charge in [-0.15, -0.1) is 0 Å². The zero-order valence-corrected chi connectivity index (χ0v) is 14.5. The molecule has 2 amide bonds. The molecular weight excluding hydrogens is 328 g/mol. The van der Waals surface area contributed by atoms with Crippen LogP contribution < -0.4 is 15.4 Å². The molecule has 0 fully saturated rings. The van der Waals surface area contributed by atoms with Crippen LogP contribution in [0.2, 0.25) is 5.02 Å². The summed E-state index contributed by atoms with van der Waals surface area (Å²) in [4.78, 5) is 23.3. The van der Waals surface area contributed by atoms with Crippen LogP contribution in [0.5, 0.6) is 5.75 Å². The van der Waals surface area contributed by atoms with Gasteiger partial charge in [0.15, 0.2) is 6.10 Å². The fourth-order valence-electron chi connectivity index (χ4n) is 2.01. The molecule has 0 aliphatic heterocycles. The summed E-state index contributed by atoms with van der Waals surface area (Å²) in [5.74, 6) is 0.114. The van der Waals surface area contributed by atoms with Crippen molar-refractivity contribution in [3.05, 3.63) is 53.1 Å². The molecule has 0 spiro atoms. The largest absolute Gasteiger partial charge is 0.481 e. The molecule has 5 nitrogen and oxygen atoms in total. The molecule has 24 heavy (non-hydrogen) atoms. The van der Waals surface area contributed by atoms with Crippen LogP contribution in [0.1, 0.15) is 19.4 Å². The first-order chi connectivity index (χ1) is 11.3. The standard InChI is InChI=1S/C18H19ClN2O3/c1-11-4-7-15(8-5-11)24-12(2)18(23)21-17-9-6-14(10-16(17)19)20-13(3)22/h4-10,12H,1-3H3,(H,20,22)(H,21,23). The van der Waals surface area contributed by atoms with E-state index in [1.807, 2.05) is 31.2 Å². The maximum Gasteiger partial charge on any atom is 0.265 e. The second kappa shape index (κ2) is 7.84. The Labute approximate surface area is 146 Å². The van der Waals surface area contributed by atoms with Gasteiger partial charge in [0.25, 0.3) is 5.91 Å². The van der Waals surface area contributed by atoms with Crippen molar-refractivity contribution in [2.24, 2.45) is 0 Å². The van der Waals surface area contributed by atoms with Gasteiger partial charge in [-0.05, 0) is 44.2 Å². The number of hydrogen-bond acceptors (Lipinski definition) is 3. The number of amides is 2. The van der Waals surface area contributed by atoms with Gasteiger partial charge in [-0.2, -0.15) is 0 Å². The zero-order valence-electron chi connectivity index (χ0n) is 13.7. The molecule has 0 saturated heterocycles. The molecule has 0 aromatic heterocycles. The Morgan fingerprint density at radius 1 is 1.08 bits per heavy atom. The number of halogens is 1. The van der Waals surface area contributed by atoms with E-state index in [2.05, 4.69) is 10.6 Å². The number of aryl methyl sites for hydroxylation is 1. The lowest BCUT2D eigenvalue weighted by molar-refractivity contribution is -0.122. The summed E-state index contributed by atoms with van der Waals surface area (Å²) in [5.41, 5.74) is 2.13. The molecule has 1 unspecified atom stereocenters.